The summed E-state index contributed by atoms with van der Waals surface area (Å²) < 4.78 is 5.11. The Balaban J connectivity index is 2.18. The van der Waals surface area contributed by atoms with Crippen molar-refractivity contribution in [1.29, 1.82) is 0 Å². The van der Waals surface area contributed by atoms with Crippen LogP contribution in [-0.2, 0) is 9.53 Å². The Morgan fingerprint density at radius 3 is 2.38 bits per heavy atom. The van der Waals surface area contributed by atoms with Gasteiger partial charge in [-0.25, -0.2) is 9.59 Å². The van der Waals surface area contributed by atoms with Gasteiger partial charge < -0.3 is 26.0 Å². The Morgan fingerprint density at radius 1 is 1.21 bits per heavy atom. The molecule has 4 amide bonds. The molecule has 1 aliphatic heterocycles. The molecule has 0 aromatic heterocycles. The van der Waals surface area contributed by atoms with Gasteiger partial charge in [0, 0.05) is 33.2 Å². The highest BCUT2D eigenvalue weighted by Crippen LogP contribution is 2.05. The molecular weight excluding hydrogens is 316 g/mol. The predicted molar refractivity (Wildman–Crippen MR) is 88.7 cm³/mol. The van der Waals surface area contributed by atoms with Crippen LogP contribution in [0.15, 0.2) is 4.99 Å². The molecule has 1 heterocycles. The highest BCUT2D eigenvalue weighted by molar-refractivity contribution is 6.01. The first kappa shape index (κ1) is 19.5. The van der Waals surface area contributed by atoms with Crippen LogP contribution in [0.5, 0.6) is 0 Å². The van der Waals surface area contributed by atoms with E-state index in [1.54, 1.807) is 27.8 Å². The average Bonchev–Trinajstić information content (AvgIpc) is 2.79. The SMILES string of the molecule is CN=C(NCCNC(=O)OC(C)(C)C)NCCN1C(=O)CNC1=O. The second-order valence-corrected chi connectivity index (χ2v) is 6.06. The number of hydrogen-bond acceptors (Lipinski definition) is 5. The number of imide groups is 1. The van der Waals surface area contributed by atoms with Crippen LogP contribution in [0.4, 0.5) is 9.59 Å². The molecule has 1 saturated heterocycles. The zero-order valence-corrected chi connectivity index (χ0v) is 14.6. The van der Waals surface area contributed by atoms with Gasteiger partial charge in [0.1, 0.15) is 5.60 Å². The number of ether oxygens (including phenoxy) is 1. The first-order valence-corrected chi connectivity index (χ1v) is 7.72. The summed E-state index contributed by atoms with van der Waals surface area (Å²) in [7, 11) is 1.60. The molecule has 1 fully saturated rings. The van der Waals surface area contributed by atoms with E-state index in [0.717, 1.165) is 4.90 Å². The highest BCUT2D eigenvalue weighted by atomic mass is 16.6. The zero-order chi connectivity index (χ0) is 18.2. The van der Waals surface area contributed by atoms with Gasteiger partial charge in [0.25, 0.3) is 0 Å². The quantitative estimate of drug-likeness (QED) is 0.217. The zero-order valence-electron chi connectivity index (χ0n) is 14.6. The van der Waals surface area contributed by atoms with Crippen molar-refractivity contribution in [3.8, 4) is 0 Å². The molecule has 10 nitrogen and oxygen atoms in total. The molecule has 0 aliphatic carbocycles. The fourth-order valence-corrected chi connectivity index (χ4v) is 1.85. The van der Waals surface area contributed by atoms with Gasteiger partial charge >= 0.3 is 12.1 Å². The summed E-state index contributed by atoms with van der Waals surface area (Å²) in [5, 5.41) is 11.1. The molecule has 1 rings (SSSR count). The Morgan fingerprint density at radius 2 is 1.83 bits per heavy atom. The van der Waals surface area contributed by atoms with E-state index in [9.17, 15) is 14.4 Å². The third kappa shape index (κ3) is 7.16. The number of rotatable bonds is 6. The minimum Gasteiger partial charge on any atom is -0.444 e. The van der Waals surface area contributed by atoms with E-state index >= 15 is 0 Å². The maximum absolute atomic E-state index is 11.5. The van der Waals surface area contributed by atoms with Crippen LogP contribution in [-0.4, -0.2) is 74.3 Å². The standard InChI is InChI=1S/C14H26N6O4/c1-14(2,3)24-13(23)18-6-5-16-11(15-4)17-7-8-20-10(21)9-19-12(20)22/h5-9H2,1-4H3,(H,18,23)(H,19,22)(H2,15,16,17). The molecule has 0 saturated carbocycles. The van der Waals surface area contributed by atoms with Crippen molar-refractivity contribution in [2.45, 2.75) is 26.4 Å². The third-order valence-electron chi connectivity index (χ3n) is 2.87. The van der Waals surface area contributed by atoms with Crippen molar-refractivity contribution >= 4 is 24.0 Å². The van der Waals surface area contributed by atoms with Gasteiger partial charge in [-0.1, -0.05) is 0 Å². The normalized spacial score (nSPS) is 15.2. The van der Waals surface area contributed by atoms with Crippen LogP contribution in [0.2, 0.25) is 0 Å². The smallest absolute Gasteiger partial charge is 0.407 e. The van der Waals surface area contributed by atoms with E-state index in [-0.39, 0.29) is 25.0 Å². The topological polar surface area (TPSA) is 124 Å². The van der Waals surface area contributed by atoms with Crippen molar-refractivity contribution in [3.63, 3.8) is 0 Å². The van der Waals surface area contributed by atoms with Gasteiger partial charge in [-0.2, -0.15) is 0 Å². The Labute approximate surface area is 141 Å². The number of carbonyl (C=O) groups excluding carboxylic acids is 3. The van der Waals surface area contributed by atoms with E-state index in [0.29, 0.717) is 25.6 Å². The monoisotopic (exact) mass is 342 g/mol. The largest absolute Gasteiger partial charge is 0.444 e. The summed E-state index contributed by atoms with van der Waals surface area (Å²) in [5.74, 6) is 0.263. The lowest BCUT2D eigenvalue weighted by molar-refractivity contribution is -0.124. The molecular formula is C14H26N6O4. The van der Waals surface area contributed by atoms with Gasteiger partial charge in [-0.3, -0.25) is 14.7 Å². The molecule has 0 aromatic rings. The summed E-state index contributed by atoms with van der Waals surface area (Å²) in [5.41, 5.74) is -0.533. The summed E-state index contributed by atoms with van der Waals surface area (Å²) in [6.45, 7) is 6.86. The highest BCUT2D eigenvalue weighted by Gasteiger charge is 2.27. The number of amides is 4. The van der Waals surface area contributed by atoms with Gasteiger partial charge in [0.2, 0.25) is 5.91 Å². The first-order chi connectivity index (χ1) is 11.2. The number of guanidine groups is 1. The Hall–Kier alpha value is -2.52. The van der Waals surface area contributed by atoms with Crippen molar-refractivity contribution in [2.24, 2.45) is 4.99 Å². The van der Waals surface area contributed by atoms with Crippen LogP contribution in [0, 0.1) is 0 Å². The fraction of sp³-hybridized carbons (Fsp3) is 0.714. The maximum atomic E-state index is 11.5. The fourth-order valence-electron chi connectivity index (χ4n) is 1.85. The van der Waals surface area contributed by atoms with E-state index in [1.165, 1.54) is 0 Å². The molecule has 0 spiro atoms. The molecule has 0 bridgehead atoms. The van der Waals surface area contributed by atoms with Crippen molar-refractivity contribution < 1.29 is 19.1 Å². The van der Waals surface area contributed by atoms with Crippen molar-refractivity contribution in [3.05, 3.63) is 0 Å². The third-order valence-corrected chi connectivity index (χ3v) is 2.87. The lowest BCUT2D eigenvalue weighted by atomic mass is 10.2. The number of carbonyl (C=O) groups is 3. The van der Waals surface area contributed by atoms with E-state index in [1.807, 2.05) is 0 Å². The molecule has 24 heavy (non-hydrogen) atoms. The predicted octanol–water partition coefficient (Wildman–Crippen LogP) is -0.772. The summed E-state index contributed by atoms with van der Waals surface area (Å²) in [4.78, 5) is 39.4. The van der Waals surface area contributed by atoms with Crippen LogP contribution in [0.1, 0.15) is 20.8 Å². The van der Waals surface area contributed by atoms with Crippen molar-refractivity contribution in [1.82, 2.24) is 26.2 Å². The Bertz CT molecular complexity index is 484. The average molecular weight is 342 g/mol. The number of alkyl carbamates (subject to hydrolysis) is 1. The number of nitrogens with one attached hydrogen (secondary N) is 4. The van der Waals surface area contributed by atoms with Crippen LogP contribution >= 0.6 is 0 Å². The summed E-state index contributed by atoms with van der Waals surface area (Å²) in [6, 6.07) is -0.383. The van der Waals surface area contributed by atoms with Gasteiger partial charge in [0.05, 0.1) is 6.54 Å². The van der Waals surface area contributed by atoms with Gasteiger partial charge in [0.15, 0.2) is 5.96 Å². The van der Waals surface area contributed by atoms with Gasteiger partial charge in [-0.05, 0) is 20.8 Å². The lowest BCUT2D eigenvalue weighted by Crippen LogP contribution is -2.45. The minimum absolute atomic E-state index is 0.0438. The molecule has 0 radical (unpaired) electrons. The number of hydrogen-bond donors (Lipinski definition) is 4. The molecule has 0 atom stereocenters. The minimum atomic E-state index is -0.533. The van der Waals surface area contributed by atoms with Crippen LogP contribution in [0.25, 0.3) is 0 Å². The lowest BCUT2D eigenvalue weighted by Gasteiger charge is -2.20. The van der Waals surface area contributed by atoms with Crippen LogP contribution in [0.3, 0.4) is 0 Å². The van der Waals surface area contributed by atoms with E-state index in [2.05, 4.69) is 26.3 Å². The second-order valence-electron chi connectivity index (χ2n) is 6.06. The number of nitrogens with zero attached hydrogens (tertiary/aromatic N) is 2. The number of aliphatic imine (C=N–C) groups is 1. The molecule has 136 valence electrons. The molecule has 10 heteroatoms. The number of urea groups is 1. The molecule has 4 N–H and O–H groups in total. The van der Waals surface area contributed by atoms with E-state index < -0.39 is 11.7 Å². The molecule has 0 unspecified atom stereocenters. The van der Waals surface area contributed by atoms with E-state index in [4.69, 9.17) is 4.74 Å². The Kier molecular flexibility index (Phi) is 7.28. The summed E-state index contributed by atoms with van der Waals surface area (Å²) in [6.07, 6.45) is -0.481. The molecule has 0 aromatic carbocycles. The summed E-state index contributed by atoms with van der Waals surface area (Å²) >= 11 is 0. The second kappa shape index (κ2) is 8.94. The van der Waals surface area contributed by atoms with Gasteiger partial charge in [-0.15, -0.1) is 0 Å². The first-order valence-electron chi connectivity index (χ1n) is 7.72. The van der Waals surface area contributed by atoms with Crippen LogP contribution < -0.4 is 21.3 Å². The maximum Gasteiger partial charge on any atom is 0.407 e. The molecule has 1 aliphatic rings. The van der Waals surface area contributed by atoms with Crippen molar-refractivity contribution in [2.75, 3.05) is 39.8 Å².